The van der Waals surface area contributed by atoms with Crippen molar-refractivity contribution in [1.29, 1.82) is 0 Å². The van der Waals surface area contributed by atoms with Crippen LogP contribution in [0, 0.1) is 16.0 Å². The maximum atomic E-state index is 12.8. The smallest absolute Gasteiger partial charge is 0.269 e. The van der Waals surface area contributed by atoms with Gasteiger partial charge >= 0.3 is 0 Å². The standard InChI is InChI=1S/C21H18N4O6S2/c26-18-10-15(13-24(18)12-14-4-2-1-3-5-14)20(27)23-21-22-11-19(32-21)33(30,31)17-8-6-16(7-9-17)25(28)29/h1-9,11,15H,10,12-13H2,(H,22,23,27)/t15-/m0/s1. The number of rotatable bonds is 7. The van der Waals surface area contributed by atoms with Crippen LogP contribution in [0.15, 0.2) is 69.9 Å². The Morgan fingerprint density at radius 2 is 1.88 bits per heavy atom. The van der Waals surface area contributed by atoms with Crippen LogP contribution < -0.4 is 5.32 Å². The Labute approximate surface area is 193 Å². The normalized spacial score (nSPS) is 16.1. The van der Waals surface area contributed by atoms with Crippen LogP contribution in [-0.2, 0) is 26.0 Å². The molecule has 0 aliphatic carbocycles. The quantitative estimate of drug-likeness (QED) is 0.400. The second-order valence-corrected chi connectivity index (χ2v) is 10.6. The molecule has 33 heavy (non-hydrogen) atoms. The van der Waals surface area contributed by atoms with E-state index in [0.717, 1.165) is 47.4 Å². The molecule has 1 fully saturated rings. The third-order valence-corrected chi connectivity index (χ3v) is 8.28. The first-order valence-corrected chi connectivity index (χ1v) is 12.1. The van der Waals surface area contributed by atoms with E-state index in [2.05, 4.69) is 10.3 Å². The van der Waals surface area contributed by atoms with Gasteiger partial charge in [-0.2, -0.15) is 0 Å². The van der Waals surface area contributed by atoms with E-state index < -0.39 is 26.6 Å². The molecule has 4 rings (SSSR count). The van der Waals surface area contributed by atoms with Crippen molar-refractivity contribution in [2.24, 2.45) is 5.92 Å². The third-order valence-electron chi connectivity index (χ3n) is 5.14. The Balaban J connectivity index is 1.41. The summed E-state index contributed by atoms with van der Waals surface area (Å²) in [6, 6.07) is 14.0. The number of nitrogens with zero attached hydrogens (tertiary/aromatic N) is 3. The summed E-state index contributed by atoms with van der Waals surface area (Å²) in [5.74, 6) is -1.10. The molecule has 0 saturated carbocycles. The zero-order valence-corrected chi connectivity index (χ0v) is 18.7. The van der Waals surface area contributed by atoms with E-state index >= 15 is 0 Å². The van der Waals surface area contributed by atoms with Gasteiger partial charge in [0, 0.05) is 31.6 Å². The minimum Gasteiger partial charge on any atom is -0.338 e. The molecule has 1 aliphatic heterocycles. The molecule has 0 spiro atoms. The highest BCUT2D eigenvalue weighted by Crippen LogP contribution is 2.30. The van der Waals surface area contributed by atoms with Crippen LogP contribution in [0.1, 0.15) is 12.0 Å². The van der Waals surface area contributed by atoms with Gasteiger partial charge in [-0.15, -0.1) is 0 Å². The number of benzene rings is 2. The maximum absolute atomic E-state index is 12.8. The summed E-state index contributed by atoms with van der Waals surface area (Å²) in [5.41, 5.74) is 0.742. The number of sulfone groups is 1. The molecule has 0 unspecified atom stereocenters. The van der Waals surface area contributed by atoms with Gasteiger partial charge in [-0.25, -0.2) is 13.4 Å². The second-order valence-electron chi connectivity index (χ2n) is 7.39. The Morgan fingerprint density at radius 3 is 2.55 bits per heavy atom. The van der Waals surface area contributed by atoms with Crippen LogP contribution in [0.2, 0.25) is 0 Å². The molecule has 2 heterocycles. The van der Waals surface area contributed by atoms with Crippen molar-refractivity contribution < 1.29 is 22.9 Å². The lowest BCUT2D eigenvalue weighted by Gasteiger charge is -2.16. The summed E-state index contributed by atoms with van der Waals surface area (Å²) in [7, 11) is -3.95. The molecule has 2 aromatic carbocycles. The maximum Gasteiger partial charge on any atom is 0.269 e. The first kappa shape index (κ1) is 22.6. The first-order valence-electron chi connectivity index (χ1n) is 9.82. The van der Waals surface area contributed by atoms with E-state index in [0.29, 0.717) is 6.54 Å². The molecule has 0 bridgehead atoms. The zero-order chi connectivity index (χ0) is 23.6. The molecule has 1 aromatic heterocycles. The second kappa shape index (κ2) is 9.08. The number of hydrogen-bond acceptors (Lipinski definition) is 8. The van der Waals surface area contributed by atoms with Crippen LogP contribution in [0.25, 0.3) is 0 Å². The summed E-state index contributed by atoms with van der Waals surface area (Å²) in [6.07, 6.45) is 1.19. The van der Waals surface area contributed by atoms with Crippen LogP contribution in [-0.4, -0.2) is 41.6 Å². The fraction of sp³-hybridized carbons (Fsp3) is 0.190. The van der Waals surface area contributed by atoms with E-state index in [1.807, 2.05) is 30.3 Å². The number of carbonyl (C=O) groups is 2. The third kappa shape index (κ3) is 4.91. The summed E-state index contributed by atoms with van der Waals surface area (Å²) in [6.45, 7) is 0.678. The van der Waals surface area contributed by atoms with E-state index in [-0.39, 0.29) is 38.8 Å². The van der Waals surface area contributed by atoms with Crippen molar-refractivity contribution in [3.63, 3.8) is 0 Å². The first-order chi connectivity index (χ1) is 15.7. The molecule has 10 nitrogen and oxygen atoms in total. The van der Waals surface area contributed by atoms with Crippen molar-refractivity contribution in [3.8, 4) is 0 Å². The number of likely N-dealkylation sites (tertiary alicyclic amines) is 1. The lowest BCUT2D eigenvalue weighted by Crippen LogP contribution is -2.28. The summed E-state index contributed by atoms with van der Waals surface area (Å²) >= 11 is 0.773. The minimum atomic E-state index is -3.95. The van der Waals surface area contributed by atoms with Crippen molar-refractivity contribution >= 4 is 43.8 Å². The van der Waals surface area contributed by atoms with Gasteiger partial charge in [0.1, 0.15) is 4.21 Å². The highest BCUT2D eigenvalue weighted by molar-refractivity contribution is 7.93. The summed E-state index contributed by atoms with van der Waals surface area (Å²) < 4.78 is 25.4. The lowest BCUT2D eigenvalue weighted by molar-refractivity contribution is -0.384. The van der Waals surface area contributed by atoms with Gasteiger partial charge in [0.15, 0.2) is 5.13 Å². The summed E-state index contributed by atoms with van der Waals surface area (Å²) in [4.78, 5) is 40.6. The number of aromatic nitrogens is 1. The van der Waals surface area contributed by atoms with Gasteiger partial charge in [-0.3, -0.25) is 19.7 Å². The minimum absolute atomic E-state index is 0.0675. The fourth-order valence-corrected chi connectivity index (χ4v) is 5.85. The van der Waals surface area contributed by atoms with Gasteiger partial charge in [0.25, 0.3) is 5.69 Å². The van der Waals surface area contributed by atoms with Gasteiger partial charge < -0.3 is 10.2 Å². The number of carbonyl (C=O) groups excluding carboxylic acids is 2. The Morgan fingerprint density at radius 1 is 1.18 bits per heavy atom. The zero-order valence-electron chi connectivity index (χ0n) is 17.1. The van der Waals surface area contributed by atoms with Crippen molar-refractivity contribution in [3.05, 3.63) is 76.5 Å². The Bertz CT molecular complexity index is 1310. The molecule has 12 heteroatoms. The Hall–Kier alpha value is -3.64. The Kier molecular flexibility index (Phi) is 6.20. The number of nitrogens with one attached hydrogen (secondary N) is 1. The fourth-order valence-electron chi connectivity index (χ4n) is 3.42. The molecular formula is C21H18N4O6S2. The number of nitro benzene ring substituents is 1. The van der Waals surface area contributed by atoms with Gasteiger partial charge in [-0.1, -0.05) is 41.7 Å². The van der Waals surface area contributed by atoms with Crippen molar-refractivity contribution in [1.82, 2.24) is 9.88 Å². The molecule has 1 N–H and O–H groups in total. The number of non-ortho nitro benzene ring substituents is 1. The van der Waals surface area contributed by atoms with Crippen LogP contribution in [0.3, 0.4) is 0 Å². The van der Waals surface area contributed by atoms with E-state index in [1.165, 1.54) is 0 Å². The van der Waals surface area contributed by atoms with Gasteiger partial charge in [0.2, 0.25) is 21.7 Å². The van der Waals surface area contributed by atoms with Crippen molar-refractivity contribution in [2.45, 2.75) is 22.1 Å². The average Bonchev–Trinajstić information content (AvgIpc) is 3.42. The highest BCUT2D eigenvalue weighted by atomic mass is 32.2. The average molecular weight is 487 g/mol. The SMILES string of the molecule is O=C(Nc1ncc(S(=O)(=O)c2ccc([N+](=O)[O-])cc2)s1)[C@H]1CC(=O)N(Cc2ccccc2)C1. The number of thiazole rings is 1. The number of amides is 2. The molecule has 1 atom stereocenters. The number of hydrogen-bond donors (Lipinski definition) is 1. The van der Waals surface area contributed by atoms with E-state index in [9.17, 15) is 28.1 Å². The van der Waals surface area contributed by atoms with Crippen LogP contribution in [0.4, 0.5) is 10.8 Å². The van der Waals surface area contributed by atoms with E-state index in [4.69, 9.17) is 0 Å². The topological polar surface area (TPSA) is 140 Å². The molecule has 3 aromatic rings. The lowest BCUT2D eigenvalue weighted by atomic mass is 10.1. The van der Waals surface area contributed by atoms with E-state index in [1.54, 1.807) is 4.90 Å². The predicted octanol–water partition coefficient (Wildman–Crippen LogP) is 2.87. The van der Waals surface area contributed by atoms with Crippen molar-refractivity contribution in [2.75, 3.05) is 11.9 Å². The van der Waals surface area contributed by atoms with Gasteiger partial charge in [-0.05, 0) is 17.7 Å². The number of nitro groups is 1. The molecule has 170 valence electrons. The summed E-state index contributed by atoms with van der Waals surface area (Å²) in [5, 5.41) is 13.4. The van der Waals surface area contributed by atoms with Crippen LogP contribution >= 0.6 is 11.3 Å². The monoisotopic (exact) mass is 486 g/mol. The molecule has 2 amide bonds. The van der Waals surface area contributed by atoms with Crippen LogP contribution in [0.5, 0.6) is 0 Å². The molecule has 1 saturated heterocycles. The molecular weight excluding hydrogens is 468 g/mol. The highest BCUT2D eigenvalue weighted by Gasteiger charge is 2.34. The van der Waals surface area contributed by atoms with Gasteiger partial charge in [0.05, 0.1) is 21.9 Å². The molecule has 0 radical (unpaired) electrons. The number of anilines is 1. The predicted molar refractivity (Wildman–Crippen MR) is 119 cm³/mol. The largest absolute Gasteiger partial charge is 0.338 e. The molecule has 1 aliphatic rings.